The number of allylic oxidation sites excluding steroid dienone is 3. The number of ether oxygens (including phenoxy) is 1. The number of epoxide rings is 1. The van der Waals surface area contributed by atoms with Crippen molar-refractivity contribution in [3.63, 3.8) is 0 Å². The first-order valence-electron chi connectivity index (χ1n) is 7.84. The smallest absolute Gasteiger partial charge is 0.0876 e. The Kier molecular flexibility index (Phi) is 8.93. The molecule has 0 aliphatic carbocycles. The monoisotopic (exact) mass is 250 g/mol. The van der Waals surface area contributed by atoms with Crippen LogP contribution in [0, 0.1) is 0 Å². The van der Waals surface area contributed by atoms with Crippen LogP contribution >= 0.6 is 0 Å². The standard InChI is InChI=1S/C17H30O/c1-3-5-7-9-11-13-15-17-16(18-17)14-12-10-8-6-4-2/h5,7,11,13,16-17H,3-4,6,8-10,12,14-15H2,1-2H3/b7-5-,13-11-. The fourth-order valence-corrected chi connectivity index (χ4v) is 2.26. The Labute approximate surface area is 113 Å². The molecule has 0 aromatic heterocycles. The van der Waals surface area contributed by atoms with Gasteiger partial charge in [0.1, 0.15) is 0 Å². The van der Waals surface area contributed by atoms with Gasteiger partial charge in [0.05, 0.1) is 12.2 Å². The Bertz CT molecular complexity index is 242. The lowest BCUT2D eigenvalue weighted by Crippen LogP contribution is -1.92. The van der Waals surface area contributed by atoms with Gasteiger partial charge in [0.15, 0.2) is 0 Å². The van der Waals surface area contributed by atoms with Gasteiger partial charge in [0.2, 0.25) is 0 Å². The molecular weight excluding hydrogens is 220 g/mol. The summed E-state index contributed by atoms with van der Waals surface area (Å²) in [5.74, 6) is 0. The number of hydrogen-bond acceptors (Lipinski definition) is 1. The van der Waals surface area contributed by atoms with Gasteiger partial charge >= 0.3 is 0 Å². The molecule has 0 aromatic rings. The highest BCUT2D eigenvalue weighted by atomic mass is 16.6. The summed E-state index contributed by atoms with van der Waals surface area (Å²) in [5, 5.41) is 0. The summed E-state index contributed by atoms with van der Waals surface area (Å²) in [6.07, 6.45) is 21.5. The normalized spacial score (nSPS) is 23.2. The summed E-state index contributed by atoms with van der Waals surface area (Å²) in [4.78, 5) is 0. The van der Waals surface area contributed by atoms with Gasteiger partial charge in [-0.25, -0.2) is 0 Å². The fourth-order valence-electron chi connectivity index (χ4n) is 2.26. The van der Waals surface area contributed by atoms with Crippen LogP contribution in [0.3, 0.4) is 0 Å². The highest BCUT2D eigenvalue weighted by Crippen LogP contribution is 2.30. The molecule has 1 heteroatoms. The minimum absolute atomic E-state index is 0.530. The molecule has 1 rings (SSSR count). The number of hydrogen-bond donors (Lipinski definition) is 0. The van der Waals surface area contributed by atoms with Crippen LogP contribution in [0.25, 0.3) is 0 Å². The zero-order chi connectivity index (χ0) is 13.1. The van der Waals surface area contributed by atoms with Gasteiger partial charge < -0.3 is 4.74 Å². The fraction of sp³-hybridized carbons (Fsp3) is 0.765. The van der Waals surface area contributed by atoms with E-state index in [0.717, 1.165) is 19.3 Å². The van der Waals surface area contributed by atoms with Gasteiger partial charge in [-0.05, 0) is 25.7 Å². The Hall–Kier alpha value is -0.560. The van der Waals surface area contributed by atoms with E-state index < -0.39 is 0 Å². The molecule has 1 nitrogen and oxygen atoms in total. The van der Waals surface area contributed by atoms with Crippen molar-refractivity contribution >= 4 is 0 Å². The Morgan fingerprint density at radius 1 is 0.833 bits per heavy atom. The third-order valence-corrected chi connectivity index (χ3v) is 3.49. The van der Waals surface area contributed by atoms with Crippen molar-refractivity contribution < 1.29 is 4.74 Å². The molecule has 0 bridgehead atoms. The second-order valence-corrected chi connectivity index (χ2v) is 5.24. The predicted octanol–water partition coefficient (Wildman–Crippen LogP) is 5.42. The van der Waals surface area contributed by atoms with Gasteiger partial charge in [-0.2, -0.15) is 0 Å². The third-order valence-electron chi connectivity index (χ3n) is 3.49. The van der Waals surface area contributed by atoms with E-state index in [-0.39, 0.29) is 0 Å². The van der Waals surface area contributed by atoms with Crippen LogP contribution in [-0.4, -0.2) is 12.2 Å². The van der Waals surface area contributed by atoms with E-state index in [2.05, 4.69) is 38.2 Å². The Morgan fingerprint density at radius 2 is 1.61 bits per heavy atom. The van der Waals surface area contributed by atoms with Gasteiger partial charge in [-0.15, -0.1) is 0 Å². The largest absolute Gasteiger partial charge is 0.369 e. The molecule has 1 saturated heterocycles. The lowest BCUT2D eigenvalue weighted by atomic mass is 10.1. The lowest BCUT2D eigenvalue weighted by molar-refractivity contribution is 0.358. The molecule has 1 aliphatic rings. The topological polar surface area (TPSA) is 12.5 Å². The van der Waals surface area contributed by atoms with Crippen LogP contribution in [0.1, 0.15) is 71.6 Å². The summed E-state index contributed by atoms with van der Waals surface area (Å²) in [6, 6.07) is 0. The van der Waals surface area contributed by atoms with Crippen molar-refractivity contribution in [2.75, 3.05) is 0 Å². The highest BCUT2D eigenvalue weighted by Gasteiger charge is 2.36. The molecule has 0 amide bonds. The first-order valence-corrected chi connectivity index (χ1v) is 7.84. The van der Waals surface area contributed by atoms with Crippen LogP contribution < -0.4 is 0 Å². The summed E-state index contributed by atoms with van der Waals surface area (Å²) < 4.78 is 5.68. The second kappa shape index (κ2) is 10.4. The Morgan fingerprint density at radius 3 is 2.39 bits per heavy atom. The van der Waals surface area contributed by atoms with Crippen LogP contribution in [-0.2, 0) is 4.74 Å². The van der Waals surface area contributed by atoms with Crippen molar-refractivity contribution in [2.24, 2.45) is 0 Å². The first-order chi connectivity index (χ1) is 8.88. The maximum Gasteiger partial charge on any atom is 0.0876 e. The van der Waals surface area contributed by atoms with E-state index in [0.29, 0.717) is 12.2 Å². The SMILES string of the molecule is CC/C=C\C/C=C\CC1OC1CCCCCCC. The van der Waals surface area contributed by atoms with Crippen molar-refractivity contribution in [2.45, 2.75) is 83.8 Å². The van der Waals surface area contributed by atoms with Crippen LogP contribution in [0.2, 0.25) is 0 Å². The molecule has 0 saturated carbocycles. The van der Waals surface area contributed by atoms with E-state index in [1.54, 1.807) is 0 Å². The molecule has 1 fully saturated rings. The highest BCUT2D eigenvalue weighted by molar-refractivity contribution is 4.97. The molecule has 2 atom stereocenters. The maximum atomic E-state index is 5.68. The molecule has 0 radical (unpaired) electrons. The number of rotatable bonds is 11. The average Bonchev–Trinajstić information content (AvgIpc) is 3.12. The number of unbranched alkanes of at least 4 members (excludes halogenated alkanes) is 4. The molecule has 0 N–H and O–H groups in total. The molecule has 0 spiro atoms. The van der Waals surface area contributed by atoms with Crippen LogP contribution in [0.5, 0.6) is 0 Å². The summed E-state index contributed by atoms with van der Waals surface area (Å²) >= 11 is 0. The first kappa shape index (κ1) is 15.5. The molecular formula is C17H30O. The van der Waals surface area contributed by atoms with Crippen molar-refractivity contribution in [1.82, 2.24) is 0 Å². The summed E-state index contributed by atoms with van der Waals surface area (Å²) in [7, 11) is 0. The molecule has 1 aliphatic heterocycles. The Balaban J connectivity index is 1.89. The maximum absolute atomic E-state index is 5.68. The van der Waals surface area contributed by atoms with Gasteiger partial charge in [0.25, 0.3) is 0 Å². The zero-order valence-corrected chi connectivity index (χ0v) is 12.2. The molecule has 0 aromatic carbocycles. The van der Waals surface area contributed by atoms with Gasteiger partial charge in [-0.3, -0.25) is 0 Å². The predicted molar refractivity (Wildman–Crippen MR) is 79.8 cm³/mol. The van der Waals surface area contributed by atoms with E-state index in [4.69, 9.17) is 4.74 Å². The second-order valence-electron chi connectivity index (χ2n) is 5.24. The van der Waals surface area contributed by atoms with Gasteiger partial charge in [0, 0.05) is 0 Å². The molecule has 1 heterocycles. The molecule has 104 valence electrons. The van der Waals surface area contributed by atoms with Crippen LogP contribution in [0.15, 0.2) is 24.3 Å². The summed E-state index contributed by atoms with van der Waals surface area (Å²) in [5.41, 5.74) is 0. The van der Waals surface area contributed by atoms with Crippen molar-refractivity contribution in [1.29, 1.82) is 0 Å². The van der Waals surface area contributed by atoms with Gasteiger partial charge in [-0.1, -0.05) is 70.3 Å². The van der Waals surface area contributed by atoms with E-state index in [1.807, 2.05) is 0 Å². The van der Waals surface area contributed by atoms with Crippen molar-refractivity contribution in [3.05, 3.63) is 24.3 Å². The van der Waals surface area contributed by atoms with E-state index in [9.17, 15) is 0 Å². The molecule has 2 unspecified atom stereocenters. The van der Waals surface area contributed by atoms with E-state index in [1.165, 1.54) is 38.5 Å². The minimum Gasteiger partial charge on any atom is -0.369 e. The summed E-state index contributed by atoms with van der Waals surface area (Å²) in [6.45, 7) is 4.44. The van der Waals surface area contributed by atoms with Crippen molar-refractivity contribution in [3.8, 4) is 0 Å². The quantitative estimate of drug-likeness (QED) is 0.271. The van der Waals surface area contributed by atoms with Crippen LogP contribution in [0.4, 0.5) is 0 Å². The minimum atomic E-state index is 0.530. The lowest BCUT2D eigenvalue weighted by Gasteiger charge is -1.97. The zero-order valence-electron chi connectivity index (χ0n) is 12.2. The molecule has 18 heavy (non-hydrogen) atoms. The third kappa shape index (κ3) is 7.71. The average molecular weight is 250 g/mol. The van der Waals surface area contributed by atoms with E-state index >= 15 is 0 Å².